The molecule has 1 fully saturated rings. The molecular formula is C23H32O2. The van der Waals surface area contributed by atoms with Crippen molar-refractivity contribution in [2.45, 2.75) is 71.6 Å². The number of hydrogen-bond acceptors (Lipinski definition) is 1. The summed E-state index contributed by atoms with van der Waals surface area (Å²) in [6.45, 7) is 13.1. The minimum absolute atomic E-state index is 0.217. The van der Waals surface area contributed by atoms with Gasteiger partial charge in [0.2, 0.25) is 0 Å². The second-order valence-corrected chi connectivity index (χ2v) is 8.10. The van der Waals surface area contributed by atoms with Crippen LogP contribution in [0, 0.1) is 5.92 Å². The summed E-state index contributed by atoms with van der Waals surface area (Å²) in [7, 11) is 0. The van der Waals surface area contributed by atoms with Gasteiger partial charge < -0.3 is 5.11 Å². The number of benzene rings is 1. The number of carboxylic acids is 1. The average Bonchev–Trinajstić information content (AvgIpc) is 3.26. The van der Waals surface area contributed by atoms with Gasteiger partial charge in [0.05, 0.1) is 0 Å². The first-order chi connectivity index (χ1) is 11.7. The number of carbonyl (C=O) groups is 1. The van der Waals surface area contributed by atoms with E-state index in [1.54, 1.807) is 0 Å². The maximum absolute atomic E-state index is 10.8. The molecule has 0 aromatic heterocycles. The highest BCUT2D eigenvalue weighted by Crippen LogP contribution is 2.58. The maximum Gasteiger partial charge on any atom is 0.328 e. The first-order valence-electron chi connectivity index (χ1n) is 9.44. The van der Waals surface area contributed by atoms with E-state index in [0.29, 0.717) is 17.8 Å². The molecule has 0 bridgehead atoms. The van der Waals surface area contributed by atoms with Crippen molar-refractivity contribution in [3.63, 3.8) is 0 Å². The lowest BCUT2D eigenvalue weighted by Gasteiger charge is -2.20. The van der Waals surface area contributed by atoms with Crippen molar-refractivity contribution in [2.24, 2.45) is 5.92 Å². The van der Waals surface area contributed by atoms with E-state index in [0.717, 1.165) is 18.4 Å². The molecule has 2 atom stereocenters. The molecule has 2 rings (SSSR count). The van der Waals surface area contributed by atoms with Crippen LogP contribution in [0.4, 0.5) is 0 Å². The molecule has 0 aliphatic heterocycles. The smallest absolute Gasteiger partial charge is 0.328 e. The molecule has 1 aliphatic rings. The van der Waals surface area contributed by atoms with Gasteiger partial charge in [-0.15, -0.1) is 0 Å². The highest BCUT2D eigenvalue weighted by Gasteiger charge is 2.52. The summed E-state index contributed by atoms with van der Waals surface area (Å²) in [6, 6.07) is 7.15. The Balaban J connectivity index is 2.33. The van der Waals surface area contributed by atoms with Crippen molar-refractivity contribution in [1.82, 2.24) is 0 Å². The third-order valence-corrected chi connectivity index (χ3v) is 5.59. The van der Waals surface area contributed by atoms with E-state index in [1.165, 1.54) is 22.8 Å². The molecule has 1 aromatic rings. The van der Waals surface area contributed by atoms with Crippen LogP contribution in [0.5, 0.6) is 0 Å². The summed E-state index contributed by atoms with van der Waals surface area (Å²) in [5, 5.41) is 8.85. The van der Waals surface area contributed by atoms with Gasteiger partial charge >= 0.3 is 5.97 Å². The molecule has 0 amide bonds. The van der Waals surface area contributed by atoms with Gasteiger partial charge in [-0.2, -0.15) is 0 Å². The van der Waals surface area contributed by atoms with Crippen LogP contribution < -0.4 is 0 Å². The minimum atomic E-state index is -0.883. The van der Waals surface area contributed by atoms with Crippen LogP contribution in [0.1, 0.15) is 82.9 Å². The summed E-state index contributed by atoms with van der Waals surface area (Å²) in [6.07, 6.45) is 7.70. The molecule has 1 N–H and O–H groups in total. The zero-order chi connectivity index (χ0) is 18.8. The lowest BCUT2D eigenvalue weighted by atomic mass is 9.84. The Labute approximate surface area is 152 Å². The van der Waals surface area contributed by atoms with Crippen LogP contribution in [-0.2, 0) is 10.2 Å². The second kappa shape index (κ2) is 7.59. The predicted octanol–water partition coefficient (Wildman–Crippen LogP) is 6.19. The monoisotopic (exact) mass is 340 g/mol. The van der Waals surface area contributed by atoms with Crippen LogP contribution in [0.25, 0.3) is 0 Å². The first kappa shape index (κ1) is 19.5. The van der Waals surface area contributed by atoms with Crippen LogP contribution >= 0.6 is 0 Å². The number of rotatable bonds is 7. The van der Waals surface area contributed by atoms with Crippen molar-refractivity contribution in [3.05, 3.63) is 58.7 Å². The molecule has 0 saturated heterocycles. The highest BCUT2D eigenvalue weighted by molar-refractivity contribution is 5.81. The molecule has 136 valence electrons. The van der Waals surface area contributed by atoms with E-state index < -0.39 is 5.97 Å². The SMILES string of the molecule is CCC1(c2cc(C(C)C)cc(C(C)C)c2)CC1C=CC(C)=CC(=O)O. The van der Waals surface area contributed by atoms with E-state index in [9.17, 15) is 4.79 Å². The fourth-order valence-corrected chi connectivity index (χ4v) is 3.67. The Morgan fingerprint density at radius 3 is 2.20 bits per heavy atom. The molecule has 2 unspecified atom stereocenters. The normalized spacial score (nSPS) is 23.7. The van der Waals surface area contributed by atoms with Gasteiger partial charge in [0, 0.05) is 11.5 Å². The number of hydrogen-bond donors (Lipinski definition) is 1. The zero-order valence-electron chi connectivity index (χ0n) is 16.5. The fraction of sp³-hybridized carbons (Fsp3) is 0.522. The van der Waals surface area contributed by atoms with Crippen LogP contribution in [-0.4, -0.2) is 11.1 Å². The van der Waals surface area contributed by atoms with Crippen LogP contribution in [0.15, 0.2) is 42.0 Å². The van der Waals surface area contributed by atoms with E-state index in [-0.39, 0.29) is 5.41 Å². The Bertz CT molecular complexity index is 668. The maximum atomic E-state index is 10.8. The van der Waals surface area contributed by atoms with E-state index >= 15 is 0 Å². The van der Waals surface area contributed by atoms with Gasteiger partial charge in [0.1, 0.15) is 0 Å². The fourth-order valence-electron chi connectivity index (χ4n) is 3.67. The Morgan fingerprint density at radius 1 is 1.20 bits per heavy atom. The van der Waals surface area contributed by atoms with Gasteiger partial charge in [-0.05, 0) is 59.8 Å². The molecular weight excluding hydrogens is 308 g/mol. The van der Waals surface area contributed by atoms with Gasteiger partial charge in [0.15, 0.2) is 0 Å². The lowest BCUT2D eigenvalue weighted by molar-refractivity contribution is -0.131. The minimum Gasteiger partial charge on any atom is -0.478 e. The molecule has 0 spiro atoms. The zero-order valence-corrected chi connectivity index (χ0v) is 16.5. The van der Waals surface area contributed by atoms with Crippen LogP contribution in [0.2, 0.25) is 0 Å². The van der Waals surface area contributed by atoms with Crippen molar-refractivity contribution in [2.75, 3.05) is 0 Å². The Kier molecular flexibility index (Phi) is 5.92. The summed E-state index contributed by atoms with van der Waals surface area (Å²) < 4.78 is 0. The second-order valence-electron chi connectivity index (χ2n) is 8.10. The van der Waals surface area contributed by atoms with Gasteiger partial charge in [-0.3, -0.25) is 0 Å². The lowest BCUT2D eigenvalue weighted by Crippen LogP contribution is -2.10. The van der Waals surface area contributed by atoms with Crippen molar-refractivity contribution < 1.29 is 9.90 Å². The van der Waals surface area contributed by atoms with Crippen molar-refractivity contribution in [1.29, 1.82) is 0 Å². The van der Waals surface area contributed by atoms with Crippen LogP contribution in [0.3, 0.4) is 0 Å². The molecule has 1 aromatic carbocycles. The molecule has 1 saturated carbocycles. The Morgan fingerprint density at radius 2 is 1.76 bits per heavy atom. The van der Waals surface area contributed by atoms with Gasteiger partial charge in [-0.1, -0.05) is 65.0 Å². The summed E-state index contributed by atoms with van der Waals surface area (Å²) in [5.74, 6) is 0.669. The molecule has 2 nitrogen and oxygen atoms in total. The molecule has 1 aliphatic carbocycles. The van der Waals surface area contributed by atoms with Crippen molar-refractivity contribution >= 4 is 5.97 Å². The summed E-state index contributed by atoms with van der Waals surface area (Å²) in [5.41, 5.74) is 5.31. The number of allylic oxidation sites excluding steroid dienone is 3. The Hall–Kier alpha value is -1.83. The quantitative estimate of drug-likeness (QED) is 0.475. The summed E-state index contributed by atoms with van der Waals surface area (Å²) >= 11 is 0. The van der Waals surface area contributed by atoms with Gasteiger partial charge in [0.25, 0.3) is 0 Å². The molecule has 2 heteroatoms. The van der Waals surface area contributed by atoms with Gasteiger partial charge in [-0.25, -0.2) is 4.79 Å². The van der Waals surface area contributed by atoms with Crippen molar-refractivity contribution in [3.8, 4) is 0 Å². The topological polar surface area (TPSA) is 37.3 Å². The largest absolute Gasteiger partial charge is 0.478 e. The standard InChI is InChI=1S/C23H32O2/c1-7-23(14-20(23)9-8-17(6)10-22(24)25)21-12-18(15(2)3)11-19(13-21)16(4)5/h8-13,15-16,20H,7,14H2,1-6H3,(H,24,25). The van der Waals surface area contributed by atoms with E-state index in [2.05, 4.69) is 58.9 Å². The molecule has 0 radical (unpaired) electrons. The summed E-state index contributed by atoms with van der Waals surface area (Å²) in [4.78, 5) is 10.8. The molecule has 25 heavy (non-hydrogen) atoms. The third-order valence-electron chi connectivity index (χ3n) is 5.59. The highest BCUT2D eigenvalue weighted by atomic mass is 16.4. The molecule has 0 heterocycles. The van der Waals surface area contributed by atoms with E-state index in [1.807, 2.05) is 13.0 Å². The number of carboxylic acid groups (broad SMARTS) is 1. The first-order valence-corrected chi connectivity index (χ1v) is 9.44. The van der Waals surface area contributed by atoms with E-state index in [4.69, 9.17) is 5.11 Å². The third kappa shape index (κ3) is 4.42. The number of aliphatic carboxylic acids is 1. The predicted molar refractivity (Wildman–Crippen MR) is 105 cm³/mol. The average molecular weight is 341 g/mol.